The molecule has 66 valence electrons. The van der Waals surface area contributed by atoms with Gasteiger partial charge in [-0.25, -0.2) is 9.18 Å². The lowest BCUT2D eigenvalue weighted by Crippen LogP contribution is -2.41. The van der Waals surface area contributed by atoms with Crippen molar-refractivity contribution in [3.8, 4) is 0 Å². The van der Waals surface area contributed by atoms with Crippen molar-refractivity contribution in [1.29, 1.82) is 0 Å². The zero-order valence-electron chi connectivity index (χ0n) is 6.67. The summed E-state index contributed by atoms with van der Waals surface area (Å²) in [5.74, 6) is -1.61. The van der Waals surface area contributed by atoms with Crippen LogP contribution in [0.3, 0.4) is 0 Å². The van der Waals surface area contributed by atoms with E-state index in [1.165, 1.54) is 6.92 Å². The molecule has 0 bridgehead atoms. The third-order valence-corrected chi connectivity index (χ3v) is 1.52. The first-order valence-corrected chi connectivity index (χ1v) is 3.51. The number of rotatable bonds is 4. The maximum Gasteiger partial charge on any atom is 0.341 e. The number of halogens is 1. The van der Waals surface area contributed by atoms with Gasteiger partial charge in [-0.3, -0.25) is 0 Å². The second-order valence-electron chi connectivity index (χ2n) is 2.81. The van der Waals surface area contributed by atoms with Crippen LogP contribution < -0.4 is 0 Å². The minimum absolute atomic E-state index is 0.153. The molecule has 0 aliphatic rings. The minimum Gasteiger partial charge on any atom is -0.479 e. The van der Waals surface area contributed by atoms with Crippen LogP contribution in [0.1, 0.15) is 26.7 Å². The van der Waals surface area contributed by atoms with Gasteiger partial charge in [0.2, 0.25) is 6.17 Å². The number of alkyl halides is 1. The number of carboxylic acids is 1. The summed E-state index contributed by atoms with van der Waals surface area (Å²) >= 11 is 0. The summed E-state index contributed by atoms with van der Waals surface area (Å²) in [5.41, 5.74) is -1.74. The van der Waals surface area contributed by atoms with Crippen molar-refractivity contribution >= 4 is 5.97 Å². The molecule has 2 atom stereocenters. The number of carboxylic acid groups (broad SMARTS) is 1. The second kappa shape index (κ2) is 3.67. The lowest BCUT2D eigenvalue weighted by molar-refractivity contribution is -0.153. The number of carbonyl (C=O) groups is 1. The van der Waals surface area contributed by atoms with Gasteiger partial charge in [0.25, 0.3) is 0 Å². The second-order valence-corrected chi connectivity index (χ2v) is 2.81. The predicted molar refractivity (Wildman–Crippen MR) is 38.1 cm³/mol. The van der Waals surface area contributed by atoms with Crippen molar-refractivity contribution < 1.29 is 19.4 Å². The molecular weight excluding hydrogens is 151 g/mol. The van der Waals surface area contributed by atoms with Crippen molar-refractivity contribution in [3.63, 3.8) is 0 Å². The molecule has 0 rings (SSSR count). The zero-order valence-corrected chi connectivity index (χ0v) is 6.67. The van der Waals surface area contributed by atoms with Crippen molar-refractivity contribution in [3.05, 3.63) is 0 Å². The van der Waals surface area contributed by atoms with Gasteiger partial charge in [0.1, 0.15) is 5.60 Å². The Hall–Kier alpha value is -0.640. The van der Waals surface area contributed by atoms with Crippen molar-refractivity contribution in [2.75, 3.05) is 0 Å². The molecule has 2 unspecified atom stereocenters. The maximum absolute atomic E-state index is 12.6. The van der Waals surface area contributed by atoms with E-state index in [0.717, 1.165) is 0 Å². The molecule has 0 aliphatic heterocycles. The van der Waals surface area contributed by atoms with Crippen LogP contribution in [0.15, 0.2) is 0 Å². The molecule has 0 fully saturated rings. The molecule has 0 aromatic rings. The van der Waals surface area contributed by atoms with E-state index in [1.807, 2.05) is 0 Å². The Morgan fingerprint density at radius 3 is 2.45 bits per heavy atom. The Bertz CT molecular complexity index is 145. The van der Waals surface area contributed by atoms with Crippen LogP contribution in [0, 0.1) is 0 Å². The SMILES string of the molecule is CCCC(C)(O)C(F)C(=O)O. The van der Waals surface area contributed by atoms with E-state index in [0.29, 0.717) is 6.42 Å². The molecule has 4 heteroatoms. The van der Waals surface area contributed by atoms with Crippen molar-refractivity contribution in [2.24, 2.45) is 0 Å². The van der Waals surface area contributed by atoms with Crippen LogP contribution in [-0.4, -0.2) is 28.0 Å². The van der Waals surface area contributed by atoms with Gasteiger partial charge in [-0.05, 0) is 13.3 Å². The van der Waals surface area contributed by atoms with E-state index in [-0.39, 0.29) is 6.42 Å². The third-order valence-electron chi connectivity index (χ3n) is 1.52. The first-order chi connectivity index (χ1) is 4.91. The standard InChI is InChI=1S/C7H13FO3/c1-3-4-7(2,11)5(8)6(9)10/h5,11H,3-4H2,1-2H3,(H,9,10). The van der Waals surface area contributed by atoms with Crippen molar-refractivity contribution in [1.82, 2.24) is 0 Å². The summed E-state index contributed by atoms with van der Waals surface area (Å²) in [6, 6.07) is 0. The van der Waals surface area contributed by atoms with Crippen LogP contribution >= 0.6 is 0 Å². The number of aliphatic hydroxyl groups is 1. The Morgan fingerprint density at radius 2 is 2.18 bits per heavy atom. The van der Waals surface area contributed by atoms with Gasteiger partial charge >= 0.3 is 5.97 Å². The first-order valence-electron chi connectivity index (χ1n) is 3.51. The summed E-state index contributed by atoms with van der Waals surface area (Å²) in [5, 5.41) is 17.4. The minimum atomic E-state index is -2.19. The van der Waals surface area contributed by atoms with Crippen LogP contribution in [0.5, 0.6) is 0 Å². The first kappa shape index (κ1) is 10.4. The van der Waals surface area contributed by atoms with Gasteiger partial charge in [-0.15, -0.1) is 0 Å². The number of hydrogen-bond acceptors (Lipinski definition) is 2. The van der Waals surface area contributed by atoms with Gasteiger partial charge in [-0.2, -0.15) is 0 Å². The van der Waals surface area contributed by atoms with Gasteiger partial charge in [0.15, 0.2) is 0 Å². The van der Waals surface area contributed by atoms with Gasteiger partial charge < -0.3 is 10.2 Å². The predicted octanol–water partition coefficient (Wildman–Crippen LogP) is 0.960. The van der Waals surface area contributed by atoms with E-state index >= 15 is 0 Å². The van der Waals surface area contributed by atoms with E-state index < -0.39 is 17.7 Å². The summed E-state index contributed by atoms with van der Waals surface area (Å²) < 4.78 is 12.6. The average Bonchev–Trinajstić information content (AvgIpc) is 1.86. The maximum atomic E-state index is 12.6. The van der Waals surface area contributed by atoms with Crippen LogP contribution in [0.25, 0.3) is 0 Å². The van der Waals surface area contributed by atoms with Gasteiger partial charge in [0, 0.05) is 0 Å². The average molecular weight is 164 g/mol. The van der Waals surface area contributed by atoms with Gasteiger partial charge in [0.05, 0.1) is 0 Å². The lowest BCUT2D eigenvalue weighted by atomic mass is 9.95. The van der Waals surface area contributed by atoms with Crippen molar-refractivity contribution in [2.45, 2.75) is 38.5 Å². The molecule has 0 aromatic carbocycles. The highest BCUT2D eigenvalue weighted by Gasteiger charge is 2.36. The monoisotopic (exact) mass is 164 g/mol. The molecular formula is C7H13FO3. The molecule has 3 nitrogen and oxygen atoms in total. The van der Waals surface area contributed by atoms with E-state index in [1.54, 1.807) is 6.92 Å². The molecule has 0 radical (unpaired) electrons. The lowest BCUT2D eigenvalue weighted by Gasteiger charge is -2.23. The Morgan fingerprint density at radius 1 is 1.73 bits per heavy atom. The highest BCUT2D eigenvalue weighted by atomic mass is 19.1. The molecule has 0 heterocycles. The Labute approximate surface area is 64.8 Å². The fraction of sp³-hybridized carbons (Fsp3) is 0.857. The summed E-state index contributed by atoms with van der Waals surface area (Å²) in [4.78, 5) is 10.1. The zero-order chi connectivity index (χ0) is 9.07. The number of hydrogen-bond donors (Lipinski definition) is 2. The van der Waals surface area contributed by atoms with Crippen LogP contribution in [0.2, 0.25) is 0 Å². The molecule has 0 aliphatic carbocycles. The summed E-state index contributed by atoms with van der Waals surface area (Å²) in [6.07, 6.45) is -1.48. The summed E-state index contributed by atoms with van der Waals surface area (Å²) in [7, 11) is 0. The Kier molecular flexibility index (Phi) is 3.45. The molecule has 0 aromatic heterocycles. The highest BCUT2D eigenvalue weighted by molar-refractivity contribution is 5.73. The number of aliphatic carboxylic acids is 1. The molecule has 0 spiro atoms. The smallest absolute Gasteiger partial charge is 0.341 e. The quantitative estimate of drug-likeness (QED) is 0.650. The fourth-order valence-corrected chi connectivity index (χ4v) is 0.899. The van der Waals surface area contributed by atoms with E-state index in [9.17, 15) is 14.3 Å². The topological polar surface area (TPSA) is 57.5 Å². The molecule has 0 saturated carbocycles. The van der Waals surface area contributed by atoms with Crippen LogP contribution in [-0.2, 0) is 4.79 Å². The molecule has 0 amide bonds. The van der Waals surface area contributed by atoms with Gasteiger partial charge in [-0.1, -0.05) is 13.3 Å². The molecule has 0 saturated heterocycles. The fourth-order valence-electron chi connectivity index (χ4n) is 0.899. The summed E-state index contributed by atoms with van der Waals surface area (Å²) in [6.45, 7) is 2.94. The largest absolute Gasteiger partial charge is 0.479 e. The Balaban J connectivity index is 4.16. The highest BCUT2D eigenvalue weighted by Crippen LogP contribution is 2.19. The third kappa shape index (κ3) is 2.84. The van der Waals surface area contributed by atoms with E-state index in [2.05, 4.69) is 0 Å². The normalized spacial score (nSPS) is 18.9. The molecule has 2 N–H and O–H groups in total. The molecule has 11 heavy (non-hydrogen) atoms. The van der Waals surface area contributed by atoms with E-state index in [4.69, 9.17) is 5.11 Å². The van der Waals surface area contributed by atoms with Crippen LogP contribution in [0.4, 0.5) is 4.39 Å².